The summed E-state index contributed by atoms with van der Waals surface area (Å²) in [4.78, 5) is 0. The number of halogens is 2. The molecule has 0 bridgehead atoms. The van der Waals surface area contributed by atoms with Gasteiger partial charge in [0.2, 0.25) is 0 Å². The minimum atomic E-state index is -1.94. The van der Waals surface area contributed by atoms with Crippen LogP contribution in [-0.2, 0) is 13.1 Å². The standard InChI is InChI=1S/C12H18O.C8H9N.2ClH.V/c1-8(2)10-6-5-7-11(9(3)4)12(10)13;1-6-4-3-5-7(2)8(6)9;;;/h5-9,13H,1-4H3;3-5H,1-2H3;2*1H;/q;;;;+2/p-2. The van der Waals surface area contributed by atoms with Crippen molar-refractivity contribution in [2.45, 2.75) is 53.4 Å². The Morgan fingerprint density at radius 1 is 0.840 bits per heavy atom. The van der Waals surface area contributed by atoms with Crippen LogP contribution < -0.4 is 0 Å². The van der Waals surface area contributed by atoms with Gasteiger partial charge in [-0.1, -0.05) is 45.9 Å². The number of hydrogen-bond acceptors (Lipinski definition) is 2. The normalized spacial score (nSPS) is 10.5. The molecule has 0 saturated heterocycles. The zero-order chi connectivity index (χ0) is 19.1. The monoisotopic (exact) mass is 418 g/mol. The molecule has 1 N–H and O–H groups in total. The molecule has 2 nitrogen and oxygen atoms in total. The Hall–Kier alpha value is -0.796. The first-order valence-electron chi connectivity index (χ1n) is 8.36. The number of rotatable bonds is 3. The Morgan fingerprint density at radius 2 is 1.24 bits per heavy atom. The Bertz CT molecular complexity index is 692. The van der Waals surface area contributed by atoms with Gasteiger partial charge >= 0.3 is 85.4 Å². The second kappa shape index (κ2) is 10.4. The quantitative estimate of drug-likeness (QED) is 0.544. The van der Waals surface area contributed by atoms with Crippen molar-refractivity contribution in [3.8, 4) is 5.75 Å². The van der Waals surface area contributed by atoms with Gasteiger partial charge in [-0.2, -0.15) is 0 Å². The van der Waals surface area contributed by atoms with Gasteiger partial charge in [-0.05, 0) is 23.0 Å². The molecule has 0 aliphatic rings. The summed E-state index contributed by atoms with van der Waals surface area (Å²) < 4.78 is 4.24. The van der Waals surface area contributed by atoms with Gasteiger partial charge in [0.05, 0.1) is 0 Å². The molecular weight excluding hydrogens is 392 g/mol. The van der Waals surface area contributed by atoms with Gasteiger partial charge in [0.1, 0.15) is 5.75 Å². The minimum absolute atomic E-state index is 0.388. The number of hydrogen-bond donors (Lipinski definition) is 1. The number of para-hydroxylation sites is 1. The van der Waals surface area contributed by atoms with Crippen LogP contribution in [0.1, 0.15) is 61.8 Å². The van der Waals surface area contributed by atoms with Crippen LogP contribution in [0.3, 0.4) is 0 Å². The van der Waals surface area contributed by atoms with Crippen molar-refractivity contribution in [1.82, 2.24) is 0 Å². The molecular formula is C20H27Cl2NOV. The van der Waals surface area contributed by atoms with Gasteiger partial charge in [0.15, 0.2) is 0 Å². The summed E-state index contributed by atoms with van der Waals surface area (Å²) in [6.07, 6.45) is 0. The van der Waals surface area contributed by atoms with Crippen LogP contribution in [0.5, 0.6) is 5.75 Å². The number of phenolic OH excluding ortho intramolecular Hbond substituents is 1. The molecule has 0 spiro atoms. The van der Waals surface area contributed by atoms with Crippen LogP contribution in [0.25, 0.3) is 0 Å². The van der Waals surface area contributed by atoms with E-state index in [0.29, 0.717) is 17.6 Å². The van der Waals surface area contributed by atoms with Crippen molar-refractivity contribution in [3.05, 3.63) is 58.7 Å². The maximum absolute atomic E-state index is 9.93. The number of benzene rings is 2. The summed E-state index contributed by atoms with van der Waals surface area (Å²) in [6.45, 7) is 12.4. The Kier molecular flexibility index (Phi) is 9.23. The molecule has 0 saturated carbocycles. The summed E-state index contributed by atoms with van der Waals surface area (Å²) in [5.74, 6) is 1.25. The van der Waals surface area contributed by atoms with E-state index >= 15 is 0 Å². The van der Waals surface area contributed by atoms with E-state index in [-0.39, 0.29) is 0 Å². The molecule has 0 aliphatic carbocycles. The summed E-state index contributed by atoms with van der Waals surface area (Å²) in [5, 5.41) is 9.93. The molecule has 0 radical (unpaired) electrons. The summed E-state index contributed by atoms with van der Waals surface area (Å²) >= 11 is -1.94. The molecule has 5 heteroatoms. The third-order valence-corrected chi connectivity index (χ3v) is 5.13. The molecule has 0 heterocycles. The van der Waals surface area contributed by atoms with Crippen LogP contribution in [0.15, 0.2) is 40.2 Å². The average molecular weight is 419 g/mol. The van der Waals surface area contributed by atoms with E-state index in [1.807, 2.05) is 50.2 Å². The second-order valence-electron chi connectivity index (χ2n) is 6.65. The van der Waals surface area contributed by atoms with E-state index in [0.717, 1.165) is 27.9 Å². The molecule has 2 aromatic rings. The van der Waals surface area contributed by atoms with Crippen LogP contribution in [-0.4, -0.2) is 5.11 Å². The fourth-order valence-electron chi connectivity index (χ4n) is 2.55. The first-order chi connectivity index (χ1) is 11.6. The zero-order valence-electron chi connectivity index (χ0n) is 15.7. The van der Waals surface area contributed by atoms with Crippen molar-refractivity contribution in [2.24, 2.45) is 3.79 Å². The third-order valence-electron chi connectivity index (χ3n) is 3.96. The zero-order valence-corrected chi connectivity index (χ0v) is 18.6. The molecule has 0 amide bonds. The van der Waals surface area contributed by atoms with Gasteiger partial charge in [-0.25, -0.2) is 0 Å². The van der Waals surface area contributed by atoms with Crippen molar-refractivity contribution < 1.29 is 18.2 Å². The van der Waals surface area contributed by atoms with Gasteiger partial charge in [-0.15, -0.1) is 0 Å². The van der Waals surface area contributed by atoms with Gasteiger partial charge in [0, 0.05) is 0 Å². The Morgan fingerprint density at radius 3 is 1.60 bits per heavy atom. The van der Waals surface area contributed by atoms with E-state index in [2.05, 4.69) is 31.5 Å². The second-order valence-corrected chi connectivity index (χ2v) is 11.0. The SMILES string of the molecule is CC(C)c1cccc(C(C)C)c1O.Cc1cccc(C)c1[N]=[V]([Cl])[Cl]. The van der Waals surface area contributed by atoms with Crippen molar-refractivity contribution in [2.75, 3.05) is 0 Å². The topological polar surface area (TPSA) is 32.6 Å². The average Bonchev–Trinajstić information content (AvgIpc) is 2.51. The number of nitrogens with zero attached hydrogens (tertiary/aromatic N) is 1. The van der Waals surface area contributed by atoms with Crippen LogP contribution in [0.4, 0.5) is 5.69 Å². The van der Waals surface area contributed by atoms with Crippen molar-refractivity contribution in [3.63, 3.8) is 0 Å². The Balaban J connectivity index is 0.000000251. The first kappa shape index (κ1) is 22.2. The van der Waals surface area contributed by atoms with E-state index in [1.165, 1.54) is 0 Å². The van der Waals surface area contributed by atoms with Gasteiger partial charge < -0.3 is 5.11 Å². The molecule has 2 aromatic carbocycles. The van der Waals surface area contributed by atoms with Gasteiger partial charge in [-0.3, -0.25) is 0 Å². The number of aryl methyl sites for hydroxylation is 2. The van der Waals surface area contributed by atoms with Crippen LogP contribution >= 0.6 is 19.7 Å². The first-order valence-corrected chi connectivity index (χ1v) is 12.8. The number of aromatic hydroxyl groups is 1. The molecule has 0 aromatic heterocycles. The Labute approximate surface area is 164 Å². The van der Waals surface area contributed by atoms with E-state index in [4.69, 9.17) is 19.7 Å². The van der Waals surface area contributed by atoms with E-state index in [1.54, 1.807) is 0 Å². The molecule has 25 heavy (non-hydrogen) atoms. The molecule has 137 valence electrons. The summed E-state index contributed by atoms with van der Waals surface area (Å²) in [5.41, 5.74) is 5.33. The maximum atomic E-state index is 9.93. The number of phenols is 1. The molecule has 0 aliphatic heterocycles. The van der Waals surface area contributed by atoms with Crippen LogP contribution in [0, 0.1) is 13.8 Å². The van der Waals surface area contributed by atoms with E-state index in [9.17, 15) is 5.11 Å². The summed E-state index contributed by atoms with van der Waals surface area (Å²) in [6, 6.07) is 12.0. The molecule has 0 unspecified atom stereocenters. The molecule has 0 fully saturated rings. The third kappa shape index (κ3) is 6.79. The van der Waals surface area contributed by atoms with Gasteiger partial charge in [0.25, 0.3) is 0 Å². The predicted molar refractivity (Wildman–Crippen MR) is 106 cm³/mol. The predicted octanol–water partition coefficient (Wildman–Crippen LogP) is 7.68. The fraction of sp³-hybridized carbons (Fsp3) is 0.400. The van der Waals surface area contributed by atoms with Crippen molar-refractivity contribution in [1.29, 1.82) is 0 Å². The fourth-order valence-corrected chi connectivity index (χ4v) is 3.90. The van der Waals surface area contributed by atoms with E-state index < -0.39 is 13.1 Å². The summed E-state index contributed by atoms with van der Waals surface area (Å²) in [7, 11) is 11.4. The van der Waals surface area contributed by atoms with Crippen LogP contribution in [0.2, 0.25) is 0 Å². The molecule has 2 rings (SSSR count). The van der Waals surface area contributed by atoms with Crippen molar-refractivity contribution >= 4 is 25.4 Å². The molecule has 0 atom stereocenters.